The number of nitrogens with one attached hydrogen (secondary N) is 1. The molecule has 1 aliphatic carbocycles. The van der Waals surface area contributed by atoms with Gasteiger partial charge in [-0.3, -0.25) is 4.98 Å². The van der Waals surface area contributed by atoms with Gasteiger partial charge >= 0.3 is 0 Å². The van der Waals surface area contributed by atoms with Crippen LogP contribution in [0.2, 0.25) is 0 Å². The summed E-state index contributed by atoms with van der Waals surface area (Å²) in [4.78, 5) is 4.18. The van der Waals surface area contributed by atoms with E-state index in [1.54, 1.807) is 0 Å². The lowest BCUT2D eigenvalue weighted by Gasteiger charge is -2.11. The standard InChI is InChI=1S/C17H22N2/c1-2-5-14(4-1)8-10-18-12-15-6-3-7-16-13-19-11-9-17(15)16/h3,6-7,9,11,13-14,18H,1-2,4-5,8,10,12H2. The minimum Gasteiger partial charge on any atom is -0.313 e. The highest BCUT2D eigenvalue weighted by atomic mass is 14.8. The normalized spacial score (nSPS) is 16.2. The van der Waals surface area contributed by atoms with E-state index in [9.17, 15) is 0 Å². The maximum atomic E-state index is 4.18. The second kappa shape index (κ2) is 6.16. The van der Waals surface area contributed by atoms with Crippen LogP contribution in [0.15, 0.2) is 36.7 Å². The largest absolute Gasteiger partial charge is 0.313 e. The van der Waals surface area contributed by atoms with Crippen LogP contribution in [0.3, 0.4) is 0 Å². The van der Waals surface area contributed by atoms with E-state index in [1.807, 2.05) is 12.4 Å². The molecule has 0 atom stereocenters. The van der Waals surface area contributed by atoms with Crippen LogP contribution in [0.1, 0.15) is 37.7 Å². The molecule has 3 rings (SSSR count). The molecule has 0 amide bonds. The summed E-state index contributed by atoms with van der Waals surface area (Å²) < 4.78 is 0. The van der Waals surface area contributed by atoms with Crippen LogP contribution >= 0.6 is 0 Å². The van der Waals surface area contributed by atoms with Gasteiger partial charge in [-0.05, 0) is 35.9 Å². The third-order valence-corrected chi connectivity index (χ3v) is 4.29. The molecule has 1 N–H and O–H groups in total. The highest BCUT2D eigenvalue weighted by Crippen LogP contribution is 2.27. The van der Waals surface area contributed by atoms with Gasteiger partial charge in [0.2, 0.25) is 0 Å². The summed E-state index contributed by atoms with van der Waals surface area (Å²) in [6.45, 7) is 2.11. The number of aromatic nitrogens is 1. The van der Waals surface area contributed by atoms with Crippen molar-refractivity contribution >= 4 is 10.8 Å². The highest BCUT2D eigenvalue weighted by molar-refractivity contribution is 5.84. The summed E-state index contributed by atoms with van der Waals surface area (Å²) in [6.07, 6.45) is 10.9. The Kier molecular flexibility index (Phi) is 4.09. The van der Waals surface area contributed by atoms with E-state index >= 15 is 0 Å². The van der Waals surface area contributed by atoms with Crippen LogP contribution in [0.5, 0.6) is 0 Å². The quantitative estimate of drug-likeness (QED) is 0.818. The van der Waals surface area contributed by atoms with Gasteiger partial charge in [0.25, 0.3) is 0 Å². The van der Waals surface area contributed by atoms with Crippen LogP contribution in [-0.2, 0) is 6.54 Å². The summed E-state index contributed by atoms with van der Waals surface area (Å²) in [6, 6.07) is 8.58. The Bertz CT molecular complexity index is 524. The molecule has 2 heteroatoms. The number of nitrogens with zero attached hydrogens (tertiary/aromatic N) is 1. The number of hydrogen-bond acceptors (Lipinski definition) is 2. The fraction of sp³-hybridized carbons (Fsp3) is 0.471. The number of fused-ring (bicyclic) bond motifs is 1. The van der Waals surface area contributed by atoms with Gasteiger partial charge in [0, 0.05) is 24.3 Å². The Labute approximate surface area is 115 Å². The first-order valence-electron chi connectivity index (χ1n) is 7.46. The molecule has 1 fully saturated rings. The molecule has 19 heavy (non-hydrogen) atoms. The molecule has 0 unspecified atom stereocenters. The highest BCUT2D eigenvalue weighted by Gasteiger charge is 2.13. The maximum absolute atomic E-state index is 4.18. The molecule has 1 heterocycles. The van der Waals surface area contributed by atoms with Crippen molar-refractivity contribution in [2.75, 3.05) is 6.54 Å². The smallest absolute Gasteiger partial charge is 0.0346 e. The van der Waals surface area contributed by atoms with Gasteiger partial charge in [0.1, 0.15) is 0 Å². The van der Waals surface area contributed by atoms with Crippen LogP contribution in [0.25, 0.3) is 10.8 Å². The van der Waals surface area contributed by atoms with E-state index in [1.165, 1.54) is 48.4 Å². The lowest BCUT2D eigenvalue weighted by atomic mass is 10.0. The van der Waals surface area contributed by atoms with Crippen LogP contribution in [0.4, 0.5) is 0 Å². The first-order valence-corrected chi connectivity index (χ1v) is 7.46. The summed E-state index contributed by atoms with van der Waals surface area (Å²) in [7, 11) is 0. The number of hydrogen-bond donors (Lipinski definition) is 1. The van der Waals surface area contributed by atoms with Crippen molar-refractivity contribution < 1.29 is 0 Å². The molecule has 2 nitrogen and oxygen atoms in total. The van der Waals surface area contributed by atoms with Crippen molar-refractivity contribution in [1.82, 2.24) is 10.3 Å². The van der Waals surface area contributed by atoms with Gasteiger partial charge in [0.15, 0.2) is 0 Å². The Balaban J connectivity index is 1.56. The van der Waals surface area contributed by atoms with Gasteiger partial charge in [-0.2, -0.15) is 0 Å². The molecule has 0 aliphatic heterocycles. The van der Waals surface area contributed by atoms with Gasteiger partial charge < -0.3 is 5.32 Å². The van der Waals surface area contributed by atoms with Crippen LogP contribution in [-0.4, -0.2) is 11.5 Å². The molecule has 0 bridgehead atoms. The van der Waals surface area contributed by atoms with Gasteiger partial charge in [-0.1, -0.05) is 43.9 Å². The molecular formula is C17H22N2. The molecule has 1 saturated carbocycles. The Morgan fingerprint density at radius 1 is 1.16 bits per heavy atom. The molecule has 1 aliphatic rings. The van der Waals surface area contributed by atoms with Crippen LogP contribution < -0.4 is 5.32 Å². The third-order valence-electron chi connectivity index (χ3n) is 4.29. The van der Waals surface area contributed by atoms with Gasteiger partial charge in [-0.25, -0.2) is 0 Å². The second-order valence-corrected chi connectivity index (χ2v) is 5.63. The topological polar surface area (TPSA) is 24.9 Å². The zero-order chi connectivity index (χ0) is 12.9. The van der Waals surface area contributed by atoms with Crippen molar-refractivity contribution in [3.63, 3.8) is 0 Å². The summed E-state index contributed by atoms with van der Waals surface area (Å²) in [5.74, 6) is 0.976. The predicted molar refractivity (Wildman–Crippen MR) is 80.0 cm³/mol. The fourth-order valence-corrected chi connectivity index (χ4v) is 3.17. The lowest BCUT2D eigenvalue weighted by molar-refractivity contribution is 0.478. The Hall–Kier alpha value is -1.41. The summed E-state index contributed by atoms with van der Waals surface area (Å²) >= 11 is 0. The van der Waals surface area contributed by atoms with E-state index in [4.69, 9.17) is 0 Å². The SMILES string of the molecule is c1cc(CNCCC2CCCC2)c2ccncc2c1. The van der Waals surface area contributed by atoms with Crippen molar-refractivity contribution in [3.8, 4) is 0 Å². The number of benzene rings is 1. The zero-order valence-electron chi connectivity index (χ0n) is 11.4. The van der Waals surface area contributed by atoms with Crippen molar-refractivity contribution in [2.45, 2.75) is 38.6 Å². The van der Waals surface area contributed by atoms with E-state index in [-0.39, 0.29) is 0 Å². The van der Waals surface area contributed by atoms with E-state index in [2.05, 4.69) is 34.6 Å². The molecule has 0 saturated heterocycles. The van der Waals surface area contributed by atoms with E-state index in [0.717, 1.165) is 19.0 Å². The molecule has 100 valence electrons. The minimum absolute atomic E-state index is 0.966. The molecule has 0 radical (unpaired) electrons. The lowest BCUT2D eigenvalue weighted by Crippen LogP contribution is -2.17. The molecule has 2 aromatic rings. The Morgan fingerprint density at radius 2 is 2.05 bits per heavy atom. The second-order valence-electron chi connectivity index (χ2n) is 5.63. The van der Waals surface area contributed by atoms with Crippen molar-refractivity contribution in [1.29, 1.82) is 0 Å². The third kappa shape index (κ3) is 3.13. The maximum Gasteiger partial charge on any atom is 0.0346 e. The fourth-order valence-electron chi connectivity index (χ4n) is 3.17. The molecule has 1 aromatic carbocycles. The first kappa shape index (κ1) is 12.6. The van der Waals surface area contributed by atoms with E-state index < -0.39 is 0 Å². The average molecular weight is 254 g/mol. The number of rotatable bonds is 5. The Morgan fingerprint density at radius 3 is 2.95 bits per heavy atom. The van der Waals surface area contributed by atoms with Gasteiger partial charge in [-0.15, -0.1) is 0 Å². The van der Waals surface area contributed by atoms with Gasteiger partial charge in [0.05, 0.1) is 0 Å². The predicted octanol–water partition coefficient (Wildman–Crippen LogP) is 3.90. The minimum atomic E-state index is 0.966. The molecule has 0 spiro atoms. The number of pyridine rings is 1. The molecular weight excluding hydrogens is 232 g/mol. The first-order chi connectivity index (χ1) is 9.43. The average Bonchev–Trinajstić information content (AvgIpc) is 2.97. The zero-order valence-corrected chi connectivity index (χ0v) is 11.4. The summed E-state index contributed by atoms with van der Waals surface area (Å²) in [5.41, 5.74) is 1.38. The monoisotopic (exact) mass is 254 g/mol. The van der Waals surface area contributed by atoms with Crippen molar-refractivity contribution in [3.05, 3.63) is 42.2 Å². The van der Waals surface area contributed by atoms with Crippen molar-refractivity contribution in [2.24, 2.45) is 5.92 Å². The van der Waals surface area contributed by atoms with E-state index in [0.29, 0.717) is 0 Å². The summed E-state index contributed by atoms with van der Waals surface area (Å²) in [5, 5.41) is 6.16. The molecule has 1 aromatic heterocycles. The van der Waals surface area contributed by atoms with Crippen LogP contribution in [0, 0.1) is 5.92 Å².